The first-order valence-electron chi connectivity index (χ1n) is 5.92. The molecule has 0 spiro atoms. The van der Waals surface area contributed by atoms with Crippen molar-refractivity contribution in [1.29, 1.82) is 0 Å². The third-order valence-corrected chi connectivity index (χ3v) is 3.94. The molecule has 2 heterocycles. The molecule has 1 saturated heterocycles. The molecule has 96 valence electrons. The normalized spacial score (nSPS) is 19.3. The molecule has 0 bridgehead atoms. The number of anilines is 1. The lowest BCUT2D eigenvalue weighted by Crippen LogP contribution is -2.25. The molecule has 0 saturated carbocycles. The third-order valence-electron chi connectivity index (χ3n) is 2.90. The second kappa shape index (κ2) is 5.52. The van der Waals surface area contributed by atoms with E-state index >= 15 is 0 Å². The summed E-state index contributed by atoms with van der Waals surface area (Å²) in [4.78, 5) is 28.8. The maximum absolute atomic E-state index is 11.9. The predicted octanol–water partition coefficient (Wildman–Crippen LogP) is 2.02. The number of amides is 1. The van der Waals surface area contributed by atoms with Crippen molar-refractivity contribution in [3.63, 3.8) is 0 Å². The van der Waals surface area contributed by atoms with Crippen LogP contribution in [0.4, 0.5) is 5.82 Å². The topological polar surface area (TPSA) is 50.3 Å². The first-order valence-corrected chi connectivity index (χ1v) is 6.91. The van der Waals surface area contributed by atoms with E-state index in [1.54, 1.807) is 18.0 Å². The number of nitrogens with zero attached hydrogens (tertiary/aromatic N) is 2. The quantitative estimate of drug-likeness (QED) is 0.838. The molecule has 5 heteroatoms. The highest BCUT2D eigenvalue weighted by molar-refractivity contribution is 8.13. The summed E-state index contributed by atoms with van der Waals surface area (Å²) >= 11 is 1.29. The summed E-state index contributed by atoms with van der Waals surface area (Å²) in [5.74, 6) is 1.76. The molecule has 0 radical (unpaired) electrons. The van der Waals surface area contributed by atoms with Crippen LogP contribution < -0.4 is 4.90 Å². The Morgan fingerprint density at radius 3 is 2.94 bits per heavy atom. The largest absolute Gasteiger partial charge is 0.297 e. The van der Waals surface area contributed by atoms with Gasteiger partial charge in [0.1, 0.15) is 5.82 Å². The van der Waals surface area contributed by atoms with Crippen LogP contribution in [-0.2, 0) is 9.59 Å². The van der Waals surface area contributed by atoms with E-state index in [0.717, 1.165) is 5.56 Å². The minimum Gasteiger partial charge on any atom is -0.297 e. The number of pyridine rings is 1. The minimum absolute atomic E-state index is 0.0977. The maximum atomic E-state index is 11.9. The van der Waals surface area contributed by atoms with E-state index < -0.39 is 0 Å². The van der Waals surface area contributed by atoms with E-state index in [9.17, 15) is 9.59 Å². The predicted molar refractivity (Wildman–Crippen MR) is 72.6 cm³/mol. The van der Waals surface area contributed by atoms with Gasteiger partial charge >= 0.3 is 0 Å². The molecular weight excluding hydrogens is 248 g/mol. The summed E-state index contributed by atoms with van der Waals surface area (Å²) in [7, 11) is 0. The van der Waals surface area contributed by atoms with Crippen molar-refractivity contribution in [2.45, 2.75) is 20.3 Å². The molecular formula is C13H16N2O2S. The van der Waals surface area contributed by atoms with Crippen molar-refractivity contribution in [2.24, 2.45) is 5.92 Å². The molecule has 1 aromatic rings. The Morgan fingerprint density at radius 2 is 2.33 bits per heavy atom. The van der Waals surface area contributed by atoms with Gasteiger partial charge in [-0.25, -0.2) is 4.98 Å². The van der Waals surface area contributed by atoms with E-state index in [1.165, 1.54) is 11.8 Å². The molecule has 1 amide bonds. The van der Waals surface area contributed by atoms with Gasteiger partial charge in [0.05, 0.1) is 0 Å². The highest BCUT2D eigenvalue weighted by Gasteiger charge is 2.31. The Balaban J connectivity index is 2.00. The SMILES string of the molecule is CC(=O)SCC1CC(=O)N(c2ccc(C)cn2)C1. The molecule has 1 atom stereocenters. The lowest BCUT2D eigenvalue weighted by molar-refractivity contribution is -0.117. The van der Waals surface area contributed by atoms with E-state index in [2.05, 4.69) is 4.98 Å². The van der Waals surface area contributed by atoms with Gasteiger partial charge in [0.15, 0.2) is 5.12 Å². The average Bonchev–Trinajstić information content (AvgIpc) is 2.69. The summed E-state index contributed by atoms with van der Waals surface area (Å²) in [5, 5.41) is 0.106. The van der Waals surface area contributed by atoms with Crippen LogP contribution in [0, 0.1) is 12.8 Å². The number of hydrogen-bond donors (Lipinski definition) is 0. The lowest BCUT2D eigenvalue weighted by atomic mass is 10.1. The van der Waals surface area contributed by atoms with Gasteiger partial charge in [-0.3, -0.25) is 14.5 Å². The van der Waals surface area contributed by atoms with Crippen molar-refractivity contribution in [1.82, 2.24) is 4.98 Å². The highest BCUT2D eigenvalue weighted by Crippen LogP contribution is 2.26. The monoisotopic (exact) mass is 264 g/mol. The lowest BCUT2D eigenvalue weighted by Gasteiger charge is -2.15. The molecule has 1 unspecified atom stereocenters. The zero-order valence-corrected chi connectivity index (χ0v) is 11.4. The first-order chi connectivity index (χ1) is 8.56. The van der Waals surface area contributed by atoms with Crippen LogP contribution in [0.25, 0.3) is 0 Å². The van der Waals surface area contributed by atoms with E-state index in [1.807, 2.05) is 19.1 Å². The molecule has 0 N–H and O–H groups in total. The molecule has 1 aliphatic rings. The van der Waals surface area contributed by atoms with Gasteiger partial charge in [-0.05, 0) is 24.5 Å². The van der Waals surface area contributed by atoms with Crippen LogP contribution in [0.5, 0.6) is 0 Å². The fraction of sp³-hybridized carbons (Fsp3) is 0.462. The van der Waals surface area contributed by atoms with Gasteiger partial charge in [0.25, 0.3) is 0 Å². The number of aryl methyl sites for hydroxylation is 1. The Morgan fingerprint density at radius 1 is 1.56 bits per heavy atom. The van der Waals surface area contributed by atoms with Gasteiger partial charge in [-0.2, -0.15) is 0 Å². The van der Waals surface area contributed by atoms with Crippen LogP contribution in [0.3, 0.4) is 0 Å². The number of hydrogen-bond acceptors (Lipinski definition) is 4. The molecule has 1 fully saturated rings. The van der Waals surface area contributed by atoms with Gasteiger partial charge in [-0.15, -0.1) is 0 Å². The van der Waals surface area contributed by atoms with Crippen LogP contribution >= 0.6 is 11.8 Å². The van der Waals surface area contributed by atoms with Crippen LogP contribution in [0.2, 0.25) is 0 Å². The second-order valence-electron chi connectivity index (χ2n) is 4.57. The Bertz CT molecular complexity index is 459. The Hall–Kier alpha value is -1.36. The average molecular weight is 264 g/mol. The summed E-state index contributed by atoms with van der Waals surface area (Å²) in [5.41, 5.74) is 1.08. The fourth-order valence-corrected chi connectivity index (χ4v) is 2.66. The summed E-state index contributed by atoms with van der Waals surface area (Å²) in [6.07, 6.45) is 2.27. The zero-order chi connectivity index (χ0) is 13.1. The van der Waals surface area contributed by atoms with Crippen molar-refractivity contribution in [2.75, 3.05) is 17.2 Å². The molecule has 18 heavy (non-hydrogen) atoms. The number of carbonyl (C=O) groups is 2. The molecule has 0 aromatic carbocycles. The smallest absolute Gasteiger partial charge is 0.228 e. The maximum Gasteiger partial charge on any atom is 0.228 e. The second-order valence-corrected chi connectivity index (χ2v) is 5.77. The minimum atomic E-state index is 0.0977. The molecule has 1 aliphatic heterocycles. The first kappa shape index (κ1) is 13.1. The summed E-state index contributed by atoms with van der Waals surface area (Å²) in [6.45, 7) is 4.19. The van der Waals surface area contributed by atoms with Crippen LogP contribution in [-0.4, -0.2) is 28.3 Å². The Labute approximate surface area is 111 Å². The molecule has 2 rings (SSSR count). The van der Waals surface area contributed by atoms with E-state index in [4.69, 9.17) is 0 Å². The molecule has 1 aromatic heterocycles. The number of carbonyl (C=O) groups excluding carboxylic acids is 2. The summed E-state index contributed by atoms with van der Waals surface area (Å²) < 4.78 is 0. The number of thioether (sulfide) groups is 1. The van der Waals surface area contributed by atoms with Gasteiger partial charge in [0, 0.05) is 31.8 Å². The number of aromatic nitrogens is 1. The van der Waals surface area contributed by atoms with Crippen molar-refractivity contribution in [3.8, 4) is 0 Å². The standard InChI is InChI=1S/C13H16N2O2S/c1-9-3-4-12(14-6-9)15-7-11(5-13(15)17)8-18-10(2)16/h3-4,6,11H,5,7-8H2,1-2H3. The molecule has 0 aliphatic carbocycles. The van der Waals surface area contributed by atoms with Crippen molar-refractivity contribution >= 4 is 28.6 Å². The van der Waals surface area contributed by atoms with Gasteiger partial charge in [0.2, 0.25) is 5.91 Å². The van der Waals surface area contributed by atoms with Crippen LogP contribution in [0.1, 0.15) is 18.9 Å². The fourth-order valence-electron chi connectivity index (χ4n) is 1.97. The summed E-state index contributed by atoms with van der Waals surface area (Å²) in [6, 6.07) is 3.82. The number of rotatable bonds is 3. The van der Waals surface area contributed by atoms with Crippen LogP contribution in [0.15, 0.2) is 18.3 Å². The van der Waals surface area contributed by atoms with Gasteiger partial charge < -0.3 is 0 Å². The highest BCUT2D eigenvalue weighted by atomic mass is 32.2. The Kier molecular flexibility index (Phi) is 4.01. The molecule has 4 nitrogen and oxygen atoms in total. The van der Waals surface area contributed by atoms with Crippen molar-refractivity contribution in [3.05, 3.63) is 23.9 Å². The van der Waals surface area contributed by atoms with Crippen molar-refractivity contribution < 1.29 is 9.59 Å². The van der Waals surface area contributed by atoms with E-state index in [0.29, 0.717) is 24.5 Å². The zero-order valence-electron chi connectivity index (χ0n) is 10.5. The van der Waals surface area contributed by atoms with E-state index in [-0.39, 0.29) is 16.9 Å². The third kappa shape index (κ3) is 3.10. The van der Waals surface area contributed by atoms with Gasteiger partial charge in [-0.1, -0.05) is 17.8 Å².